The molecular formula is C76H101Cl5N20O6. The summed E-state index contributed by atoms with van der Waals surface area (Å²) in [5.74, 6) is 6.31. The number of guanidine groups is 1. The number of ether oxygens (including phenoxy) is 3. The smallest absolute Gasteiger partial charge is 0.410 e. The molecular weight excluding hydrogens is 1470 g/mol. The molecule has 10 N–H and O–H groups in total. The number of hydrogen-bond donors (Lipinski definition) is 9. The molecule has 8 heterocycles. The van der Waals surface area contributed by atoms with E-state index in [2.05, 4.69) is 89.4 Å². The molecule has 4 fully saturated rings. The minimum Gasteiger partial charge on any atom is -0.444 e. The van der Waals surface area contributed by atoms with Crippen molar-refractivity contribution < 1.29 is 28.6 Å². The van der Waals surface area contributed by atoms with E-state index in [0.717, 1.165) is 98.7 Å². The predicted molar refractivity (Wildman–Crippen MR) is 433 cm³/mol. The normalized spacial score (nSPS) is 18.2. The van der Waals surface area contributed by atoms with Crippen molar-refractivity contribution in [2.24, 2.45) is 34.4 Å². The highest BCUT2D eigenvalue weighted by atomic mass is 35.5. The predicted octanol–water partition coefficient (Wildman–Crippen LogP) is 16.3. The van der Waals surface area contributed by atoms with Gasteiger partial charge in [-0.25, -0.2) is 34.3 Å². The lowest BCUT2D eigenvalue weighted by Crippen LogP contribution is -2.35. The van der Waals surface area contributed by atoms with Gasteiger partial charge >= 0.3 is 18.3 Å². The summed E-state index contributed by atoms with van der Waals surface area (Å²) in [6.45, 7) is 26.6. The van der Waals surface area contributed by atoms with Crippen LogP contribution >= 0.6 is 58.0 Å². The van der Waals surface area contributed by atoms with Crippen LogP contribution in [-0.4, -0.2) is 182 Å². The standard InChI is InChI=1S/2C20H26ClN5O2.C16H20ClN5.C10H9Cl2N3.C10H20N2O2/c2*1-20(2,3)28-19(27)26-10-8-14(13-26)12-23-17-7-9-22-18(25-17)24-16-6-4-5-15(21)11-16;1-22-8-6-12(11-22)10-19-15-5-7-18-16(21-15)20-14-4-2-3-13(17)9-14;11-7-2-1-3-8(6-7)14-10-13-5-4-9(12)15-10;1-10(2,3)14-9(13)12-5-4-8(6-11)7-12/h2*4-7,9,11,14H,8,10,12-13H2,1-3H3,(H2,22,23,24,25);2-5,7,9,12H,6,8,10-11H2,1H3,(H2,18,19,20,21);1-6,9H,(H2,13,14,15);8H,4-7,11H2,1-3H3/t2*14-;12-;;8-/m000.0/s1. The lowest BCUT2D eigenvalue weighted by atomic mass is 10.1. The van der Waals surface area contributed by atoms with E-state index in [1.807, 2.05) is 178 Å². The van der Waals surface area contributed by atoms with Gasteiger partial charge in [0.15, 0.2) is 0 Å². The van der Waals surface area contributed by atoms with Crippen LogP contribution < -0.4 is 48.3 Å². The third-order valence-corrected chi connectivity index (χ3v) is 17.6. The molecule has 0 saturated carbocycles. The molecule has 576 valence electrons. The highest BCUT2D eigenvalue weighted by molar-refractivity contribution is 6.32. The van der Waals surface area contributed by atoms with Gasteiger partial charge < -0.3 is 82.1 Å². The van der Waals surface area contributed by atoms with Crippen LogP contribution in [-0.2, 0) is 14.2 Å². The Labute approximate surface area is 653 Å². The Hall–Kier alpha value is -8.89. The molecule has 0 spiro atoms. The number of benzene rings is 4. The number of rotatable bonds is 17. The monoisotopic (exact) mass is 1560 g/mol. The zero-order valence-electron chi connectivity index (χ0n) is 62.4. The van der Waals surface area contributed by atoms with E-state index in [1.165, 1.54) is 13.0 Å². The Balaban J connectivity index is 0.000000173. The lowest BCUT2D eigenvalue weighted by Gasteiger charge is -2.24. The molecule has 3 aromatic heterocycles. The van der Waals surface area contributed by atoms with Crippen LogP contribution in [0.4, 0.5) is 72.4 Å². The highest BCUT2D eigenvalue weighted by Gasteiger charge is 2.32. The van der Waals surface area contributed by atoms with Crippen molar-refractivity contribution in [3.8, 4) is 0 Å². The van der Waals surface area contributed by atoms with Crippen LogP contribution in [0, 0.1) is 23.7 Å². The Kier molecular flexibility index (Phi) is 32.0. The fourth-order valence-corrected chi connectivity index (χ4v) is 12.2. The molecule has 31 heteroatoms. The molecule has 3 amide bonds. The SMILES string of the molecule is CC(C)(C)OC(=O)N1CC[C@@H](CN)C1.CC(C)(C)OC(=O)N1CC[C@@H](CNc2ccnc(Nc3cccc(Cl)c3)n2)C1.CC(C)(C)OC(=O)N1CC[C@@H](CNc2ccnc(Nc3cccc(Cl)c3)n2)C1.CN1CC[C@@H](CNc2ccnc(Nc3cccc(Cl)c3)n2)C1.Clc1cccc(NC2=NC(Cl)C=CN2)c1. The Morgan fingerprint density at radius 1 is 0.477 bits per heavy atom. The van der Waals surface area contributed by atoms with Crippen molar-refractivity contribution in [3.63, 3.8) is 0 Å². The highest BCUT2D eigenvalue weighted by Crippen LogP contribution is 2.27. The van der Waals surface area contributed by atoms with Crippen molar-refractivity contribution >= 4 is 140 Å². The summed E-state index contributed by atoms with van der Waals surface area (Å²) in [7, 11) is 2.16. The van der Waals surface area contributed by atoms with E-state index in [9.17, 15) is 14.4 Å². The second-order valence-corrected chi connectivity index (χ2v) is 31.4. The fourth-order valence-electron chi connectivity index (χ4n) is 11.3. The number of amides is 3. The minimum atomic E-state index is -0.471. The molecule has 5 aliphatic heterocycles. The Morgan fingerprint density at radius 2 is 0.804 bits per heavy atom. The van der Waals surface area contributed by atoms with Crippen LogP contribution in [0.25, 0.3) is 0 Å². The number of anilines is 10. The van der Waals surface area contributed by atoms with Crippen molar-refractivity contribution in [3.05, 3.63) is 166 Å². The van der Waals surface area contributed by atoms with Gasteiger partial charge in [-0.15, -0.1) is 0 Å². The summed E-state index contributed by atoms with van der Waals surface area (Å²) in [6.07, 6.45) is 12.1. The molecule has 0 aliphatic carbocycles. The number of nitrogens with one attached hydrogen (secondary N) is 8. The first-order chi connectivity index (χ1) is 50.9. The quantitative estimate of drug-likeness (QED) is 0.0232. The maximum atomic E-state index is 12.2. The van der Waals surface area contributed by atoms with Crippen molar-refractivity contribution in [2.75, 3.05) is 123 Å². The fraction of sp³-hybridized carbons (Fsp3) is 0.447. The number of halogens is 5. The number of hydrogen-bond acceptors (Lipinski definition) is 23. The maximum absolute atomic E-state index is 12.2. The molecule has 5 aliphatic rings. The number of carbonyl (C=O) groups excluding carboxylic acids is 3. The van der Waals surface area contributed by atoms with E-state index >= 15 is 0 Å². The van der Waals surface area contributed by atoms with Gasteiger partial charge in [0.1, 0.15) is 39.8 Å². The molecule has 1 unspecified atom stereocenters. The third kappa shape index (κ3) is 31.5. The van der Waals surface area contributed by atoms with E-state index < -0.39 is 16.8 Å². The van der Waals surface area contributed by atoms with E-state index in [4.69, 9.17) is 77.9 Å². The van der Waals surface area contributed by atoms with E-state index in [1.54, 1.807) is 45.6 Å². The zero-order chi connectivity index (χ0) is 77.1. The number of aromatic nitrogens is 6. The molecule has 5 atom stereocenters. The first-order valence-corrected chi connectivity index (χ1v) is 37.7. The number of alkyl halides is 1. The molecule has 12 rings (SSSR count). The van der Waals surface area contributed by atoms with Crippen LogP contribution in [0.2, 0.25) is 20.1 Å². The summed E-state index contributed by atoms with van der Waals surface area (Å²) in [5, 5.41) is 28.2. The lowest BCUT2D eigenvalue weighted by molar-refractivity contribution is 0.0278. The zero-order valence-corrected chi connectivity index (χ0v) is 66.2. The van der Waals surface area contributed by atoms with Crippen LogP contribution in [0.15, 0.2) is 151 Å². The largest absolute Gasteiger partial charge is 0.444 e. The van der Waals surface area contributed by atoms with Gasteiger partial charge in [-0.1, -0.05) is 82.3 Å². The molecule has 0 radical (unpaired) electrons. The third-order valence-electron chi connectivity index (χ3n) is 16.4. The molecule has 107 heavy (non-hydrogen) atoms. The average molecular weight is 1570 g/mol. The van der Waals surface area contributed by atoms with Gasteiger partial charge in [0.05, 0.1) is 0 Å². The van der Waals surface area contributed by atoms with E-state index in [-0.39, 0.29) is 23.8 Å². The number of nitrogens with zero attached hydrogens (tertiary/aromatic N) is 11. The Morgan fingerprint density at radius 3 is 1.11 bits per heavy atom. The first kappa shape index (κ1) is 83.7. The maximum Gasteiger partial charge on any atom is 0.410 e. The van der Waals surface area contributed by atoms with Gasteiger partial charge in [0.25, 0.3) is 0 Å². The molecule has 4 aromatic carbocycles. The van der Waals surface area contributed by atoms with Crippen molar-refractivity contribution in [1.82, 2.24) is 54.8 Å². The van der Waals surface area contributed by atoms with Crippen LogP contribution in [0.5, 0.6) is 0 Å². The van der Waals surface area contributed by atoms with Gasteiger partial charge in [-0.2, -0.15) is 15.0 Å². The van der Waals surface area contributed by atoms with Gasteiger partial charge in [-0.3, -0.25) is 0 Å². The molecule has 7 aromatic rings. The Bertz CT molecular complexity index is 3910. The summed E-state index contributed by atoms with van der Waals surface area (Å²) < 4.78 is 16.1. The second-order valence-electron chi connectivity index (χ2n) is 29.2. The van der Waals surface area contributed by atoms with Gasteiger partial charge in [-0.05, 0) is 229 Å². The van der Waals surface area contributed by atoms with Crippen molar-refractivity contribution in [2.45, 2.75) is 110 Å². The van der Waals surface area contributed by atoms with Gasteiger partial charge in [0.2, 0.25) is 23.8 Å². The average Bonchev–Trinajstić information content (AvgIpc) is 1.32. The topological polar surface area (TPSA) is 304 Å². The molecule has 26 nitrogen and oxygen atoms in total. The number of likely N-dealkylation sites (tertiary alicyclic amines) is 4. The summed E-state index contributed by atoms with van der Waals surface area (Å²) in [6, 6.07) is 35.2. The van der Waals surface area contributed by atoms with Crippen LogP contribution in [0.1, 0.15) is 88.0 Å². The minimum absolute atomic E-state index is 0.214. The van der Waals surface area contributed by atoms with Gasteiger partial charge in [0, 0.05) is 133 Å². The number of carbonyl (C=O) groups is 3. The summed E-state index contributed by atoms with van der Waals surface area (Å²) in [5.41, 5.74) is 7.27. The summed E-state index contributed by atoms with van der Waals surface area (Å²) >= 11 is 29.7. The summed E-state index contributed by atoms with van der Waals surface area (Å²) in [4.78, 5) is 73.9. The number of aliphatic imine (C=N–C) groups is 1. The molecule has 0 bridgehead atoms. The van der Waals surface area contributed by atoms with Crippen molar-refractivity contribution in [1.29, 1.82) is 0 Å². The second kappa shape index (κ2) is 40.9. The van der Waals surface area contributed by atoms with Crippen LogP contribution in [0.3, 0.4) is 0 Å². The molecule has 4 saturated heterocycles. The first-order valence-electron chi connectivity index (χ1n) is 35.7. The van der Waals surface area contributed by atoms with E-state index in [0.29, 0.717) is 100 Å². The number of nitrogens with two attached hydrogens (primary N) is 1.